The summed E-state index contributed by atoms with van der Waals surface area (Å²) in [6, 6.07) is 0. The summed E-state index contributed by atoms with van der Waals surface area (Å²) in [6.07, 6.45) is -17.3. The summed E-state index contributed by atoms with van der Waals surface area (Å²) in [7, 11) is 0. The average molecular weight is 511 g/mol. The molecule has 0 bridgehead atoms. The monoisotopic (exact) mass is 510 g/mol. The molecule has 33 heavy (non-hydrogen) atoms. The first-order chi connectivity index (χ1) is 15.5. The van der Waals surface area contributed by atoms with E-state index >= 15 is 0 Å². The molecule has 0 spiro atoms. The molecule has 3 saturated carbocycles. The molecular formula is C22H33F7O3S. The van der Waals surface area contributed by atoms with Crippen LogP contribution in [0.2, 0.25) is 0 Å². The van der Waals surface area contributed by atoms with Crippen molar-refractivity contribution in [1.29, 1.82) is 0 Å². The van der Waals surface area contributed by atoms with Gasteiger partial charge in [0.2, 0.25) is 0 Å². The van der Waals surface area contributed by atoms with Gasteiger partial charge in [0, 0.05) is 25.7 Å². The summed E-state index contributed by atoms with van der Waals surface area (Å²) in [5.74, 6) is -2.93. The number of hydrogen-bond donors (Lipinski definition) is 1. The second-order valence-electron chi connectivity index (χ2n) is 9.29. The zero-order valence-corrected chi connectivity index (χ0v) is 19.6. The van der Waals surface area contributed by atoms with Crippen molar-refractivity contribution in [3.63, 3.8) is 0 Å². The number of carbonyl (C=O) groups is 1. The van der Waals surface area contributed by atoms with E-state index in [-0.39, 0.29) is 5.92 Å². The van der Waals surface area contributed by atoms with Crippen molar-refractivity contribution < 1.29 is 45.0 Å². The molecule has 3 nitrogen and oxygen atoms in total. The van der Waals surface area contributed by atoms with Crippen LogP contribution >= 0.6 is 12.6 Å². The molecular weight excluding hydrogens is 477 g/mol. The van der Waals surface area contributed by atoms with Gasteiger partial charge in [0.05, 0.1) is 12.0 Å². The maximum Gasteiger partial charge on any atom is 0.364 e. The lowest BCUT2D eigenvalue weighted by Gasteiger charge is -2.40. The summed E-state index contributed by atoms with van der Waals surface area (Å²) in [5, 5.41) is 0. The Bertz CT molecular complexity index is 597. The van der Waals surface area contributed by atoms with E-state index in [1.807, 2.05) is 0 Å². The second-order valence-corrected chi connectivity index (χ2v) is 9.29. The molecule has 0 aromatic heterocycles. The molecule has 3 aliphatic rings. The third-order valence-electron chi connectivity index (χ3n) is 6.77. The maximum absolute atomic E-state index is 14.6. The van der Waals surface area contributed by atoms with E-state index in [4.69, 9.17) is 4.74 Å². The average Bonchev–Trinajstić information content (AvgIpc) is 2.72. The molecule has 0 amide bonds. The van der Waals surface area contributed by atoms with Crippen LogP contribution in [-0.2, 0) is 14.3 Å². The van der Waals surface area contributed by atoms with E-state index in [0.717, 1.165) is 12.8 Å². The minimum atomic E-state index is -4.35. The van der Waals surface area contributed by atoms with Crippen LogP contribution in [0.25, 0.3) is 0 Å². The van der Waals surface area contributed by atoms with Crippen molar-refractivity contribution in [1.82, 2.24) is 0 Å². The Balaban J connectivity index is 0.00000187. The van der Waals surface area contributed by atoms with Crippen molar-refractivity contribution in [2.45, 2.75) is 107 Å². The van der Waals surface area contributed by atoms with Crippen molar-refractivity contribution in [2.24, 2.45) is 17.8 Å². The molecule has 3 fully saturated rings. The first kappa shape index (κ1) is 28.5. The van der Waals surface area contributed by atoms with Gasteiger partial charge in [-0.15, -0.1) is 0 Å². The van der Waals surface area contributed by atoms with Gasteiger partial charge >= 0.3 is 12.1 Å². The Morgan fingerprint density at radius 1 is 0.788 bits per heavy atom. The lowest BCUT2D eigenvalue weighted by molar-refractivity contribution is -0.323. The highest BCUT2D eigenvalue weighted by atomic mass is 32.1. The highest BCUT2D eigenvalue weighted by Crippen LogP contribution is 2.44. The molecule has 4 unspecified atom stereocenters. The van der Waals surface area contributed by atoms with E-state index in [1.54, 1.807) is 6.26 Å². The van der Waals surface area contributed by atoms with Gasteiger partial charge < -0.3 is 9.47 Å². The molecule has 11 heteroatoms. The number of carbonyl (C=O) groups excluding carboxylic acids is 1. The van der Waals surface area contributed by atoms with Gasteiger partial charge in [0.1, 0.15) is 36.7 Å². The minimum absolute atomic E-state index is 0.359. The van der Waals surface area contributed by atoms with Crippen LogP contribution in [0.4, 0.5) is 30.7 Å². The van der Waals surface area contributed by atoms with Gasteiger partial charge in [-0.2, -0.15) is 21.4 Å². The molecule has 0 heterocycles. The number of ether oxygens (including phenoxy) is 2. The van der Waals surface area contributed by atoms with Crippen LogP contribution in [0.5, 0.6) is 0 Å². The zero-order valence-electron chi connectivity index (χ0n) is 18.7. The van der Waals surface area contributed by atoms with E-state index in [9.17, 15) is 35.5 Å². The van der Waals surface area contributed by atoms with E-state index in [0.29, 0.717) is 18.8 Å². The number of esters is 1. The lowest BCUT2D eigenvalue weighted by atomic mass is 9.82. The first-order valence-electron chi connectivity index (χ1n) is 11.4. The van der Waals surface area contributed by atoms with Crippen molar-refractivity contribution in [3.8, 4) is 0 Å². The standard InChI is InChI=1S/C21H29F7O3.CH4S/c1-10-2-4-11(5-3-10)20(29)30-12-6-14(22)18(15(23)7-12)21(27,28)31-13-8-16(24)19(26)17(25)9-13;1-2/h10-19H,2-9H2,1H3;2H,1H3. The number of hydrogen-bond acceptors (Lipinski definition) is 4. The summed E-state index contributed by atoms with van der Waals surface area (Å²) in [6.45, 7) is 2.07. The quantitative estimate of drug-likeness (QED) is 0.274. The normalized spacial score (nSPS) is 42.1. The number of rotatable bonds is 5. The summed E-state index contributed by atoms with van der Waals surface area (Å²) >= 11 is 3.53. The number of halogens is 7. The predicted octanol–water partition coefficient (Wildman–Crippen LogP) is 6.14. The van der Waals surface area contributed by atoms with E-state index in [1.165, 1.54) is 0 Å². The van der Waals surface area contributed by atoms with Gasteiger partial charge in [-0.3, -0.25) is 4.79 Å². The lowest BCUT2D eigenvalue weighted by Crippen LogP contribution is -2.52. The number of alkyl halides is 7. The molecule has 0 aliphatic heterocycles. The largest absolute Gasteiger partial charge is 0.462 e. The van der Waals surface area contributed by atoms with Crippen molar-refractivity contribution in [3.05, 3.63) is 0 Å². The Morgan fingerprint density at radius 2 is 1.24 bits per heavy atom. The fourth-order valence-corrected chi connectivity index (χ4v) is 4.87. The molecule has 0 aromatic rings. The SMILES string of the molecule is CC1CCC(C(=O)OC2CC(F)C(C(F)(F)OC3CC(F)C(F)C(F)C3)C(F)C2)CC1.CS. The van der Waals surface area contributed by atoms with Crippen LogP contribution in [0, 0.1) is 17.8 Å². The summed E-state index contributed by atoms with van der Waals surface area (Å²) in [5.41, 5.74) is 0. The number of thiol groups is 1. The highest BCUT2D eigenvalue weighted by Gasteiger charge is 2.56. The molecule has 194 valence electrons. The maximum atomic E-state index is 14.6. The Kier molecular flexibility index (Phi) is 10.6. The fraction of sp³-hybridized carbons (Fsp3) is 0.955. The zero-order chi connectivity index (χ0) is 24.9. The van der Waals surface area contributed by atoms with Crippen molar-refractivity contribution >= 4 is 18.6 Å². The van der Waals surface area contributed by atoms with Gasteiger partial charge in [-0.25, -0.2) is 22.0 Å². The third-order valence-corrected chi connectivity index (χ3v) is 6.77. The molecule has 0 radical (unpaired) electrons. The summed E-state index contributed by atoms with van der Waals surface area (Å²) < 4.78 is 108. The molecule has 4 atom stereocenters. The summed E-state index contributed by atoms with van der Waals surface area (Å²) in [4.78, 5) is 12.3. The smallest absolute Gasteiger partial charge is 0.364 e. The predicted molar refractivity (Wildman–Crippen MR) is 112 cm³/mol. The Morgan fingerprint density at radius 3 is 1.73 bits per heavy atom. The second kappa shape index (κ2) is 12.3. The molecule has 0 N–H and O–H groups in total. The molecule has 3 rings (SSSR count). The molecule has 0 saturated heterocycles. The topological polar surface area (TPSA) is 35.5 Å². The van der Waals surface area contributed by atoms with Gasteiger partial charge in [0.15, 0.2) is 6.17 Å². The minimum Gasteiger partial charge on any atom is -0.462 e. The van der Waals surface area contributed by atoms with Crippen LogP contribution in [-0.4, -0.2) is 61.4 Å². The van der Waals surface area contributed by atoms with Gasteiger partial charge in [-0.1, -0.05) is 6.92 Å². The Hall–Kier alpha value is -0.710. The first-order valence-corrected chi connectivity index (χ1v) is 12.3. The Labute approximate surface area is 195 Å². The van der Waals surface area contributed by atoms with Crippen LogP contribution in [0.3, 0.4) is 0 Å². The van der Waals surface area contributed by atoms with Crippen LogP contribution in [0.15, 0.2) is 0 Å². The van der Waals surface area contributed by atoms with Crippen molar-refractivity contribution in [2.75, 3.05) is 6.26 Å². The molecule has 0 aromatic carbocycles. The van der Waals surface area contributed by atoms with Crippen LogP contribution < -0.4 is 0 Å². The third kappa shape index (κ3) is 7.39. The van der Waals surface area contributed by atoms with Crippen LogP contribution in [0.1, 0.15) is 58.3 Å². The van der Waals surface area contributed by atoms with E-state index in [2.05, 4.69) is 24.3 Å². The van der Waals surface area contributed by atoms with Gasteiger partial charge in [-0.05, 0) is 37.9 Å². The van der Waals surface area contributed by atoms with Gasteiger partial charge in [0.25, 0.3) is 0 Å². The highest BCUT2D eigenvalue weighted by molar-refractivity contribution is 7.79. The molecule has 3 aliphatic carbocycles. The van der Waals surface area contributed by atoms with E-state index < -0.39 is 86.7 Å². The fourth-order valence-electron chi connectivity index (χ4n) is 4.87.